The van der Waals surface area contributed by atoms with Crippen LogP contribution >= 0.6 is 0 Å². The number of ether oxygens (including phenoxy) is 1. The summed E-state index contributed by atoms with van der Waals surface area (Å²) in [5.74, 6) is 0.617. The van der Waals surface area contributed by atoms with E-state index >= 15 is 0 Å². The third-order valence-corrected chi connectivity index (χ3v) is 7.47. The maximum absolute atomic E-state index is 12.9. The van der Waals surface area contributed by atoms with E-state index in [9.17, 15) is 9.59 Å². The first kappa shape index (κ1) is 22.1. The Bertz CT molecular complexity index is 740. The summed E-state index contributed by atoms with van der Waals surface area (Å²) in [5, 5.41) is 0. The second-order valence-electron chi connectivity index (χ2n) is 9.49. The third-order valence-electron chi connectivity index (χ3n) is 7.47. The zero-order valence-electron chi connectivity index (χ0n) is 18.8. The smallest absolute Gasteiger partial charge is 0.320 e. The molecule has 1 aromatic rings. The molecule has 0 bridgehead atoms. The van der Waals surface area contributed by atoms with Crippen LogP contribution in [-0.2, 0) is 14.3 Å². The van der Waals surface area contributed by atoms with Crippen molar-refractivity contribution < 1.29 is 14.3 Å². The maximum Gasteiger partial charge on any atom is 0.320 e. The number of aromatic nitrogens is 1. The van der Waals surface area contributed by atoms with Gasteiger partial charge in [0.05, 0.1) is 13.2 Å². The predicted octanol–water partition coefficient (Wildman–Crippen LogP) is 2.57. The molecule has 1 amide bonds. The molecule has 0 radical (unpaired) electrons. The highest BCUT2D eigenvalue weighted by Gasteiger charge is 2.41. The number of pyridine rings is 1. The van der Waals surface area contributed by atoms with Crippen molar-refractivity contribution in [3.05, 3.63) is 24.5 Å². The molecule has 0 aliphatic carbocycles. The normalized spacial score (nSPS) is 22.1. The second-order valence-corrected chi connectivity index (χ2v) is 9.49. The van der Waals surface area contributed by atoms with Gasteiger partial charge in [0.2, 0.25) is 5.91 Å². The van der Waals surface area contributed by atoms with E-state index in [0.29, 0.717) is 36.8 Å². The Hall–Kier alpha value is -2.15. The summed E-state index contributed by atoms with van der Waals surface area (Å²) in [5.41, 5.74) is 1.62. The lowest BCUT2D eigenvalue weighted by Gasteiger charge is -2.40. The van der Waals surface area contributed by atoms with Crippen molar-refractivity contribution in [2.75, 3.05) is 57.3 Å². The fraction of sp³-hybridized carbons (Fsp3) is 0.708. The van der Waals surface area contributed by atoms with Crippen LogP contribution in [0.15, 0.2) is 24.5 Å². The lowest BCUT2D eigenvalue weighted by molar-refractivity contribution is -0.145. The molecule has 3 aliphatic heterocycles. The van der Waals surface area contributed by atoms with Gasteiger partial charge in [0, 0.05) is 50.7 Å². The van der Waals surface area contributed by atoms with Gasteiger partial charge in [-0.2, -0.15) is 0 Å². The zero-order valence-corrected chi connectivity index (χ0v) is 18.8. The van der Waals surface area contributed by atoms with E-state index in [4.69, 9.17) is 4.74 Å². The van der Waals surface area contributed by atoms with E-state index < -0.39 is 0 Å². The molecule has 4 rings (SSSR count). The monoisotopic (exact) mass is 428 g/mol. The fourth-order valence-electron chi connectivity index (χ4n) is 5.46. The van der Waals surface area contributed by atoms with Gasteiger partial charge in [0.25, 0.3) is 0 Å². The lowest BCUT2D eigenvalue weighted by Crippen LogP contribution is -2.45. The van der Waals surface area contributed by atoms with Crippen LogP contribution in [0.5, 0.6) is 0 Å². The largest absolute Gasteiger partial charge is 0.465 e. The van der Waals surface area contributed by atoms with Crippen LogP contribution in [0, 0.1) is 11.3 Å². The highest BCUT2D eigenvalue weighted by Crippen LogP contribution is 2.42. The van der Waals surface area contributed by atoms with E-state index in [1.54, 1.807) is 0 Å². The number of amides is 1. The molecule has 0 unspecified atom stereocenters. The molecule has 0 atom stereocenters. The van der Waals surface area contributed by atoms with Crippen LogP contribution in [0.25, 0.3) is 0 Å². The molecule has 170 valence electrons. The van der Waals surface area contributed by atoms with Gasteiger partial charge in [-0.1, -0.05) is 0 Å². The van der Waals surface area contributed by atoms with Crippen molar-refractivity contribution in [1.29, 1.82) is 0 Å². The van der Waals surface area contributed by atoms with Gasteiger partial charge in [-0.25, -0.2) is 0 Å². The number of hydrogen-bond acceptors (Lipinski definition) is 6. The summed E-state index contributed by atoms with van der Waals surface area (Å²) in [6, 6.07) is 4.19. The van der Waals surface area contributed by atoms with Gasteiger partial charge in [-0.3, -0.25) is 19.5 Å². The van der Waals surface area contributed by atoms with Gasteiger partial charge in [0.15, 0.2) is 0 Å². The summed E-state index contributed by atoms with van der Waals surface area (Å²) in [7, 11) is 0. The standard InChI is InChI=1S/C24H36N4O3/c1-2-31-23(30)18-26-12-5-20(6-13-26)17-22(29)27-14-7-24(8-15-27)9-16-28(19-24)21-3-10-25-11-4-21/h3-4,10-11,20H,2,5-9,12-19H2,1H3. The Labute approximate surface area is 185 Å². The van der Waals surface area contributed by atoms with Crippen LogP contribution in [-0.4, -0.2) is 79.1 Å². The van der Waals surface area contributed by atoms with E-state index in [1.807, 2.05) is 19.3 Å². The quantitative estimate of drug-likeness (QED) is 0.649. The van der Waals surface area contributed by atoms with Gasteiger partial charge in [-0.15, -0.1) is 0 Å². The first-order chi connectivity index (χ1) is 15.1. The highest BCUT2D eigenvalue weighted by atomic mass is 16.5. The minimum atomic E-state index is -0.145. The first-order valence-corrected chi connectivity index (χ1v) is 11.9. The number of carbonyl (C=O) groups excluding carboxylic acids is 2. The highest BCUT2D eigenvalue weighted by molar-refractivity contribution is 5.76. The fourth-order valence-corrected chi connectivity index (χ4v) is 5.46. The van der Waals surface area contributed by atoms with Crippen LogP contribution in [0.1, 0.15) is 45.4 Å². The second kappa shape index (κ2) is 9.98. The summed E-state index contributed by atoms with van der Waals surface area (Å²) in [6.07, 6.45) is 9.80. The summed E-state index contributed by atoms with van der Waals surface area (Å²) >= 11 is 0. The molecule has 31 heavy (non-hydrogen) atoms. The van der Waals surface area contributed by atoms with Crippen molar-refractivity contribution in [3.8, 4) is 0 Å². The summed E-state index contributed by atoms with van der Waals surface area (Å²) in [4.78, 5) is 35.4. The Balaban J connectivity index is 1.19. The third kappa shape index (κ3) is 5.56. The number of piperidine rings is 2. The van der Waals surface area contributed by atoms with Gasteiger partial charge in [-0.05, 0) is 75.6 Å². The van der Waals surface area contributed by atoms with E-state index in [0.717, 1.165) is 65.0 Å². The Morgan fingerprint density at radius 3 is 2.42 bits per heavy atom. The van der Waals surface area contributed by atoms with Crippen LogP contribution in [0.2, 0.25) is 0 Å². The van der Waals surface area contributed by atoms with Crippen LogP contribution in [0.3, 0.4) is 0 Å². The van der Waals surface area contributed by atoms with Crippen molar-refractivity contribution in [3.63, 3.8) is 0 Å². The Morgan fingerprint density at radius 1 is 1.06 bits per heavy atom. The van der Waals surface area contributed by atoms with E-state index in [2.05, 4.69) is 31.8 Å². The SMILES string of the molecule is CCOC(=O)CN1CCC(CC(=O)N2CCC3(CC2)CCN(c2ccncc2)C3)CC1. The number of likely N-dealkylation sites (tertiary alicyclic amines) is 2. The molecule has 3 aliphatic rings. The topological polar surface area (TPSA) is 66.0 Å². The molecule has 3 fully saturated rings. The number of anilines is 1. The van der Waals surface area contributed by atoms with E-state index in [-0.39, 0.29) is 5.97 Å². The van der Waals surface area contributed by atoms with Crippen LogP contribution < -0.4 is 4.90 Å². The molecule has 3 saturated heterocycles. The van der Waals surface area contributed by atoms with E-state index in [1.165, 1.54) is 12.1 Å². The van der Waals surface area contributed by atoms with Crippen molar-refractivity contribution in [2.45, 2.75) is 45.4 Å². The number of esters is 1. The van der Waals surface area contributed by atoms with Crippen molar-refractivity contribution in [1.82, 2.24) is 14.8 Å². The molecule has 4 heterocycles. The molecule has 0 aromatic carbocycles. The number of rotatable bonds is 6. The minimum absolute atomic E-state index is 0.145. The predicted molar refractivity (Wildman–Crippen MR) is 120 cm³/mol. The number of hydrogen-bond donors (Lipinski definition) is 0. The average Bonchev–Trinajstić information content (AvgIpc) is 3.20. The Kier molecular flexibility index (Phi) is 7.10. The average molecular weight is 429 g/mol. The molecule has 7 nitrogen and oxygen atoms in total. The van der Waals surface area contributed by atoms with Crippen molar-refractivity contribution in [2.24, 2.45) is 11.3 Å². The maximum atomic E-state index is 12.9. The molecular formula is C24H36N4O3. The Morgan fingerprint density at radius 2 is 1.74 bits per heavy atom. The number of nitrogens with zero attached hydrogens (tertiary/aromatic N) is 4. The molecule has 0 saturated carbocycles. The molecule has 7 heteroatoms. The summed E-state index contributed by atoms with van der Waals surface area (Å²) in [6.45, 7) is 8.38. The molecule has 0 N–H and O–H groups in total. The zero-order chi connectivity index (χ0) is 21.7. The lowest BCUT2D eigenvalue weighted by atomic mass is 9.77. The summed E-state index contributed by atoms with van der Waals surface area (Å²) < 4.78 is 5.04. The molecular weight excluding hydrogens is 392 g/mol. The number of carbonyl (C=O) groups is 2. The van der Waals surface area contributed by atoms with Crippen LogP contribution in [0.4, 0.5) is 5.69 Å². The molecule has 1 aromatic heterocycles. The first-order valence-electron chi connectivity index (χ1n) is 11.9. The molecule has 1 spiro atoms. The minimum Gasteiger partial charge on any atom is -0.465 e. The van der Waals surface area contributed by atoms with Crippen molar-refractivity contribution >= 4 is 17.6 Å². The van der Waals surface area contributed by atoms with Gasteiger partial charge in [0.1, 0.15) is 0 Å². The van der Waals surface area contributed by atoms with Gasteiger partial charge >= 0.3 is 5.97 Å². The van der Waals surface area contributed by atoms with Gasteiger partial charge < -0.3 is 14.5 Å².